The number of anilines is 1. The molecule has 1 aromatic carbocycles. The first-order valence-electron chi connectivity index (χ1n) is 11.3. The number of thiazole rings is 1. The van der Waals surface area contributed by atoms with E-state index in [1.807, 2.05) is 5.38 Å². The number of unbranched alkanes of at least 4 members (excludes halogenated alkanes) is 1. The second-order valence-electron chi connectivity index (χ2n) is 8.27. The number of aryl methyl sites for hydroxylation is 3. The van der Waals surface area contributed by atoms with Gasteiger partial charge in [0.05, 0.1) is 19.2 Å². The number of methoxy groups -OCH3 is 1. The number of nitrogens with one attached hydrogen (secondary N) is 1. The quantitative estimate of drug-likeness (QED) is 0.396. The summed E-state index contributed by atoms with van der Waals surface area (Å²) in [5.74, 6) is -0.777. The number of hydrogen-bond acceptors (Lipinski definition) is 6. The van der Waals surface area contributed by atoms with Crippen molar-refractivity contribution in [2.24, 2.45) is 0 Å². The average molecular weight is 470 g/mol. The number of hydrogen-bond donors (Lipinski definition) is 2. The summed E-state index contributed by atoms with van der Waals surface area (Å²) in [4.78, 5) is 20.9. The molecule has 4 rings (SSSR count). The van der Waals surface area contributed by atoms with Gasteiger partial charge in [-0.15, -0.1) is 11.3 Å². The van der Waals surface area contributed by atoms with E-state index in [0.29, 0.717) is 10.6 Å². The minimum Gasteiger partial charge on any atom is -0.494 e. The van der Waals surface area contributed by atoms with Crippen molar-refractivity contribution in [1.82, 2.24) is 9.97 Å². The van der Waals surface area contributed by atoms with Crippen LogP contribution in [-0.2, 0) is 24.1 Å². The lowest BCUT2D eigenvalue weighted by molar-refractivity contribution is -0.137. The Morgan fingerprint density at radius 2 is 2.03 bits per heavy atom. The first-order valence-corrected chi connectivity index (χ1v) is 12.1. The Kier molecular flexibility index (Phi) is 7.54. The first-order chi connectivity index (χ1) is 16.0. The number of halogens is 1. The minimum absolute atomic E-state index is 0.136. The van der Waals surface area contributed by atoms with Crippen molar-refractivity contribution in [3.8, 4) is 5.75 Å². The Labute approximate surface area is 196 Å². The zero-order valence-electron chi connectivity index (χ0n) is 18.6. The van der Waals surface area contributed by atoms with Gasteiger partial charge in [0.25, 0.3) is 0 Å². The fraction of sp³-hybridized carbons (Fsp3) is 0.400. The van der Waals surface area contributed by atoms with Crippen LogP contribution in [0.5, 0.6) is 5.75 Å². The molecule has 0 amide bonds. The molecular weight excluding hydrogens is 441 g/mol. The summed E-state index contributed by atoms with van der Waals surface area (Å²) < 4.78 is 19.2. The van der Waals surface area contributed by atoms with E-state index in [-0.39, 0.29) is 12.2 Å². The molecule has 0 fully saturated rings. The standard InChI is InChI=1S/C25H28FN3O3S/c1-32-22-11-9-17(13-21(22)26)20(14-23(30)31)25-29-19(15-33-25)7-3-2-6-18-10-8-16-5-4-12-27-24(16)28-18/h8-11,13,15,20H,2-7,12,14H2,1H3,(H,27,28)(H,30,31)/t20-/m1/s1. The van der Waals surface area contributed by atoms with Crippen LogP contribution in [0.25, 0.3) is 0 Å². The van der Waals surface area contributed by atoms with E-state index in [4.69, 9.17) is 14.7 Å². The van der Waals surface area contributed by atoms with Crippen LogP contribution in [0.2, 0.25) is 0 Å². The van der Waals surface area contributed by atoms with Crippen LogP contribution in [0.15, 0.2) is 35.7 Å². The number of carboxylic acids is 1. The normalized spacial score (nSPS) is 13.8. The van der Waals surface area contributed by atoms with Crippen LogP contribution in [-0.4, -0.2) is 34.7 Å². The van der Waals surface area contributed by atoms with Crippen LogP contribution >= 0.6 is 11.3 Å². The summed E-state index contributed by atoms with van der Waals surface area (Å²) in [5, 5.41) is 15.4. The fourth-order valence-electron chi connectivity index (χ4n) is 4.14. The number of carboxylic acid groups (broad SMARTS) is 1. The van der Waals surface area contributed by atoms with Crippen LogP contribution < -0.4 is 10.1 Å². The lowest BCUT2D eigenvalue weighted by atomic mass is 9.96. The van der Waals surface area contributed by atoms with Gasteiger partial charge in [0, 0.05) is 23.5 Å². The molecule has 6 nitrogen and oxygen atoms in total. The number of aromatic nitrogens is 2. The summed E-state index contributed by atoms with van der Waals surface area (Å²) in [5.41, 5.74) is 3.93. The lowest BCUT2D eigenvalue weighted by Crippen LogP contribution is -2.14. The van der Waals surface area contributed by atoms with Crippen molar-refractivity contribution >= 4 is 23.1 Å². The topological polar surface area (TPSA) is 84.3 Å². The number of carbonyl (C=O) groups is 1. The van der Waals surface area contributed by atoms with Gasteiger partial charge in [-0.3, -0.25) is 4.79 Å². The highest BCUT2D eigenvalue weighted by molar-refractivity contribution is 7.09. The maximum atomic E-state index is 14.2. The van der Waals surface area contributed by atoms with Crippen LogP contribution in [0.3, 0.4) is 0 Å². The first kappa shape index (κ1) is 23.2. The number of rotatable bonds is 10. The molecule has 33 heavy (non-hydrogen) atoms. The Hall–Kier alpha value is -3.00. The zero-order valence-corrected chi connectivity index (χ0v) is 19.5. The predicted octanol–water partition coefficient (Wildman–Crippen LogP) is 5.22. The third kappa shape index (κ3) is 5.87. The second-order valence-corrected chi connectivity index (χ2v) is 9.16. The molecule has 3 aromatic rings. The summed E-state index contributed by atoms with van der Waals surface area (Å²) in [7, 11) is 1.40. The molecule has 0 aliphatic carbocycles. The Bertz CT molecular complexity index is 1120. The summed E-state index contributed by atoms with van der Waals surface area (Å²) in [6, 6.07) is 8.88. The Morgan fingerprint density at radius 1 is 1.21 bits per heavy atom. The van der Waals surface area contributed by atoms with Crippen molar-refractivity contribution in [3.63, 3.8) is 0 Å². The van der Waals surface area contributed by atoms with E-state index in [1.54, 1.807) is 6.07 Å². The highest BCUT2D eigenvalue weighted by Crippen LogP contribution is 2.33. The van der Waals surface area contributed by atoms with Gasteiger partial charge in [-0.05, 0) is 67.9 Å². The molecule has 0 bridgehead atoms. The number of fused-ring (bicyclic) bond motifs is 1. The highest BCUT2D eigenvalue weighted by Gasteiger charge is 2.22. The highest BCUT2D eigenvalue weighted by atomic mass is 32.1. The molecule has 1 atom stereocenters. The third-order valence-corrected chi connectivity index (χ3v) is 6.90. The van der Waals surface area contributed by atoms with E-state index in [2.05, 4.69) is 17.4 Å². The molecule has 0 saturated carbocycles. The van der Waals surface area contributed by atoms with E-state index in [9.17, 15) is 14.3 Å². The number of pyridine rings is 1. The van der Waals surface area contributed by atoms with Crippen molar-refractivity contribution in [1.29, 1.82) is 0 Å². The molecule has 2 N–H and O–H groups in total. The SMILES string of the molecule is COc1ccc([C@@H](CC(=O)O)c2nc(CCCCc3ccc4c(n3)NCCC4)cs2)cc1F. The molecule has 3 heterocycles. The Balaban J connectivity index is 1.36. The minimum atomic E-state index is -0.944. The van der Waals surface area contributed by atoms with Crippen molar-refractivity contribution in [3.05, 3.63) is 69.1 Å². The summed E-state index contributed by atoms with van der Waals surface area (Å²) >= 11 is 1.43. The van der Waals surface area contributed by atoms with E-state index in [1.165, 1.54) is 36.1 Å². The van der Waals surface area contributed by atoms with Gasteiger partial charge in [-0.2, -0.15) is 0 Å². The van der Waals surface area contributed by atoms with E-state index >= 15 is 0 Å². The molecule has 1 aliphatic heterocycles. The van der Waals surface area contributed by atoms with Crippen LogP contribution in [0.1, 0.15) is 59.1 Å². The lowest BCUT2D eigenvalue weighted by Gasteiger charge is -2.17. The fourth-order valence-corrected chi connectivity index (χ4v) is 5.12. The van der Waals surface area contributed by atoms with Gasteiger partial charge < -0.3 is 15.2 Å². The molecule has 8 heteroatoms. The summed E-state index contributed by atoms with van der Waals surface area (Å²) in [6.45, 7) is 0.988. The number of ether oxygens (including phenoxy) is 1. The largest absolute Gasteiger partial charge is 0.494 e. The maximum Gasteiger partial charge on any atom is 0.304 e. The van der Waals surface area contributed by atoms with E-state index in [0.717, 1.165) is 62.3 Å². The van der Waals surface area contributed by atoms with Crippen molar-refractivity contribution in [2.45, 2.75) is 50.9 Å². The van der Waals surface area contributed by atoms with Gasteiger partial charge in [-0.25, -0.2) is 14.4 Å². The predicted molar refractivity (Wildman–Crippen MR) is 127 cm³/mol. The average Bonchev–Trinajstić information content (AvgIpc) is 3.28. The molecule has 0 spiro atoms. The van der Waals surface area contributed by atoms with E-state index < -0.39 is 17.7 Å². The molecule has 0 radical (unpaired) electrons. The molecular formula is C25H28FN3O3S. The van der Waals surface area contributed by atoms with Crippen molar-refractivity contribution < 1.29 is 19.0 Å². The molecule has 0 saturated heterocycles. The third-order valence-electron chi connectivity index (χ3n) is 5.89. The number of benzene rings is 1. The second kappa shape index (κ2) is 10.7. The zero-order chi connectivity index (χ0) is 23.2. The number of aliphatic carboxylic acids is 1. The molecule has 1 aliphatic rings. The van der Waals surface area contributed by atoms with Crippen LogP contribution in [0.4, 0.5) is 10.2 Å². The maximum absolute atomic E-state index is 14.2. The van der Waals surface area contributed by atoms with Gasteiger partial charge in [0.2, 0.25) is 0 Å². The molecule has 0 unspecified atom stereocenters. The summed E-state index contributed by atoms with van der Waals surface area (Å²) in [6.07, 6.45) is 5.81. The van der Waals surface area contributed by atoms with Gasteiger partial charge in [-0.1, -0.05) is 12.1 Å². The van der Waals surface area contributed by atoms with Gasteiger partial charge in [0.1, 0.15) is 10.8 Å². The molecule has 174 valence electrons. The molecule has 2 aromatic heterocycles. The van der Waals surface area contributed by atoms with Gasteiger partial charge >= 0.3 is 5.97 Å². The van der Waals surface area contributed by atoms with Crippen LogP contribution in [0, 0.1) is 5.82 Å². The number of nitrogens with zero attached hydrogens (tertiary/aromatic N) is 2. The smallest absolute Gasteiger partial charge is 0.304 e. The van der Waals surface area contributed by atoms with Gasteiger partial charge in [0.15, 0.2) is 11.6 Å². The Morgan fingerprint density at radius 3 is 2.79 bits per heavy atom. The monoisotopic (exact) mass is 469 g/mol. The van der Waals surface area contributed by atoms with Crippen molar-refractivity contribution in [2.75, 3.05) is 19.0 Å².